The molecular formula is H4O4SnZn3. The van der Waals surface area contributed by atoms with Crippen LogP contribution >= 0.6 is 0 Å². The molecule has 0 heterocycles. The van der Waals surface area contributed by atoms with Gasteiger partial charge in [0, 0.05) is 0 Å². The van der Waals surface area contributed by atoms with Crippen molar-refractivity contribution >= 4 is 22.9 Å². The van der Waals surface area contributed by atoms with Crippen molar-refractivity contribution in [2.75, 3.05) is 0 Å². The minimum absolute atomic E-state index is 0. The Bertz CT molecular complexity index is 11.2. The summed E-state index contributed by atoms with van der Waals surface area (Å²) in [5, 5.41) is 0. The molecule has 0 saturated heterocycles. The van der Waals surface area contributed by atoms with Crippen molar-refractivity contribution in [2.45, 2.75) is 0 Å². The molecule has 0 radical (unpaired) electrons. The molecule has 0 aliphatic heterocycles. The Morgan fingerprint density at radius 1 is 0.625 bits per heavy atom. The van der Waals surface area contributed by atoms with Crippen LogP contribution in [0.2, 0.25) is 0 Å². The monoisotopic (exact) mass is 380 g/mol. The Kier molecular flexibility index (Phi) is 1060. The fraction of sp³-hybridized carbons (Fsp3) is 0. The van der Waals surface area contributed by atoms with Gasteiger partial charge in [0.2, 0.25) is 0 Å². The zero-order valence-corrected chi connectivity index (χ0v) is 19.4. The Hall–Kier alpha value is 2.51. The van der Waals surface area contributed by atoms with Crippen LogP contribution in [0.4, 0.5) is 0 Å². The Balaban J connectivity index is -0.000000000333. The summed E-state index contributed by atoms with van der Waals surface area (Å²) < 4.78 is 7.21. The summed E-state index contributed by atoms with van der Waals surface area (Å²) in [6, 6.07) is 0. The minimum atomic E-state index is -0.0500. The molecule has 0 aromatic heterocycles. The van der Waals surface area contributed by atoms with Crippen LogP contribution in [0.5, 0.6) is 0 Å². The predicted octanol–water partition coefficient (Wildman–Crippen LogP) is -2.10. The van der Waals surface area contributed by atoms with Crippen molar-refractivity contribution in [1.82, 2.24) is 0 Å². The third-order valence-electron chi connectivity index (χ3n) is 0. The Morgan fingerprint density at radius 3 is 0.625 bits per heavy atom. The normalized spacial score (nSPS) is 1.12. The van der Waals surface area contributed by atoms with Gasteiger partial charge in [0.1, 0.15) is 0 Å². The molecule has 8 heavy (non-hydrogen) atoms. The molecule has 0 fully saturated rings. The molecule has 0 rings (SSSR count). The van der Waals surface area contributed by atoms with Crippen LogP contribution < -0.4 is 0 Å². The van der Waals surface area contributed by atoms with Gasteiger partial charge in [-0.15, -0.1) is 0 Å². The number of rotatable bonds is 0. The summed E-state index contributed by atoms with van der Waals surface area (Å²) in [7, 11) is 0. The molecule has 1 N–H and O–H groups in total. The topological polar surface area (TPSA) is 106 Å². The average molecular weight is 383 g/mol. The van der Waals surface area contributed by atoms with E-state index < -0.39 is 0 Å². The van der Waals surface area contributed by atoms with Gasteiger partial charge in [0.15, 0.2) is 0 Å². The molecule has 0 atom stereocenters. The van der Waals surface area contributed by atoms with E-state index in [2.05, 4.69) is 0 Å². The number of hydrogen-bond acceptors (Lipinski definition) is 1. The smallest absolute Gasteiger partial charge is 2.00 e. The summed E-state index contributed by atoms with van der Waals surface area (Å²) in [5.74, 6) is 0. The van der Waals surface area contributed by atoms with E-state index in [1.807, 2.05) is 0 Å². The molecular weight excluding hydrogens is 379 g/mol. The van der Waals surface area contributed by atoms with Gasteiger partial charge in [0.25, 0.3) is 0 Å². The molecule has 0 amide bonds. The zero-order chi connectivity index (χ0) is 2.00. The molecule has 8 heteroatoms. The number of hydrogen-bond donors (Lipinski definition) is 1. The SMILES string of the molecule is [O-2].[O-2].[O-2].[OH][SnH3].[Zn+2].[Zn+2].[Zn+2]. The largest absolute Gasteiger partial charge is 2.00 e. The fourth-order valence-corrected chi connectivity index (χ4v) is 0. The molecule has 0 spiro atoms. The summed E-state index contributed by atoms with van der Waals surface area (Å²) in [5.41, 5.74) is 0. The van der Waals surface area contributed by atoms with Gasteiger partial charge < -0.3 is 16.4 Å². The van der Waals surface area contributed by atoms with Crippen LogP contribution in [0.25, 0.3) is 0 Å². The standard InChI is InChI=1S/H2O.3O.Sn.3Zn.3H/h1H2;;;;;;;;;;/q;3*-2;+1;3*+2;;;/p-1. The first-order valence-electron chi connectivity index (χ1n) is 0.447. The quantitative estimate of drug-likeness (QED) is 0.476. The van der Waals surface area contributed by atoms with Crippen molar-refractivity contribution in [1.29, 1.82) is 0 Å². The Labute approximate surface area is 100 Å². The second-order valence-electron chi connectivity index (χ2n) is 0. The maximum atomic E-state index is 7.21. The van der Waals surface area contributed by atoms with Crippen molar-refractivity contribution in [2.24, 2.45) is 0 Å². The molecule has 0 bridgehead atoms. The molecule has 0 aliphatic carbocycles. The van der Waals surface area contributed by atoms with Crippen LogP contribution in [0.3, 0.4) is 0 Å². The second-order valence-corrected chi connectivity index (χ2v) is 0. The predicted molar refractivity (Wildman–Crippen MR) is 14.2 cm³/mol. The fourth-order valence-electron chi connectivity index (χ4n) is 0. The Morgan fingerprint density at radius 2 is 0.625 bits per heavy atom. The summed E-state index contributed by atoms with van der Waals surface area (Å²) in [6.45, 7) is 0. The van der Waals surface area contributed by atoms with E-state index >= 15 is 0 Å². The zero-order valence-electron chi connectivity index (χ0n) is 4.79. The van der Waals surface area contributed by atoms with E-state index in [1.54, 1.807) is 0 Å². The average Bonchev–Trinajstić information content (AvgIpc) is 1.00. The van der Waals surface area contributed by atoms with E-state index in [4.69, 9.17) is 3.44 Å². The van der Waals surface area contributed by atoms with Crippen molar-refractivity contribution in [3.8, 4) is 0 Å². The molecule has 0 saturated carbocycles. The van der Waals surface area contributed by atoms with Crippen molar-refractivity contribution in [3.05, 3.63) is 0 Å². The van der Waals surface area contributed by atoms with Gasteiger partial charge in [-0.3, -0.25) is 0 Å². The molecule has 4 nitrogen and oxygen atoms in total. The van der Waals surface area contributed by atoms with E-state index in [1.165, 1.54) is 0 Å². The van der Waals surface area contributed by atoms with Gasteiger partial charge in [-0.1, -0.05) is 0 Å². The van der Waals surface area contributed by atoms with E-state index in [0.717, 1.165) is 0 Å². The van der Waals surface area contributed by atoms with Crippen LogP contribution in [0.1, 0.15) is 0 Å². The van der Waals surface area contributed by atoms with Crippen molar-refractivity contribution in [3.63, 3.8) is 0 Å². The maximum absolute atomic E-state index is 7.21. The molecule has 0 aliphatic rings. The molecule has 0 unspecified atom stereocenters. The maximum Gasteiger partial charge on any atom is 2.00 e. The van der Waals surface area contributed by atoms with Gasteiger partial charge in [0.05, 0.1) is 0 Å². The van der Waals surface area contributed by atoms with Crippen LogP contribution in [-0.4, -0.2) is 26.4 Å². The first-order chi connectivity index (χ1) is 1.00. The van der Waals surface area contributed by atoms with E-state index in [0.29, 0.717) is 0 Å². The summed E-state index contributed by atoms with van der Waals surface area (Å²) >= 11 is -0.0500. The minimum Gasteiger partial charge on any atom is 2.00 e. The van der Waals surface area contributed by atoms with E-state index in [-0.39, 0.29) is 97.8 Å². The third kappa shape index (κ3) is 76.2. The van der Waals surface area contributed by atoms with Crippen molar-refractivity contribution < 1.29 is 78.3 Å². The molecule has 0 aromatic carbocycles. The van der Waals surface area contributed by atoms with Crippen LogP contribution in [0, 0.1) is 0 Å². The van der Waals surface area contributed by atoms with Crippen LogP contribution in [-0.2, 0) is 74.9 Å². The molecule has 38 valence electrons. The molecule has 0 aromatic rings. The summed E-state index contributed by atoms with van der Waals surface area (Å²) in [4.78, 5) is 0. The van der Waals surface area contributed by atoms with Gasteiger partial charge in [-0.2, -0.15) is 0 Å². The summed E-state index contributed by atoms with van der Waals surface area (Å²) in [6.07, 6.45) is 0. The first-order valence-corrected chi connectivity index (χ1v) is 3.00. The van der Waals surface area contributed by atoms with Crippen LogP contribution in [0.15, 0.2) is 0 Å². The van der Waals surface area contributed by atoms with E-state index in [9.17, 15) is 0 Å². The second kappa shape index (κ2) is 109. The first kappa shape index (κ1) is 77.2. The van der Waals surface area contributed by atoms with Gasteiger partial charge in [-0.25, -0.2) is 0 Å². The third-order valence-corrected chi connectivity index (χ3v) is 0. The van der Waals surface area contributed by atoms with Gasteiger partial charge in [-0.05, 0) is 0 Å². The van der Waals surface area contributed by atoms with Gasteiger partial charge >= 0.3 is 84.8 Å².